The van der Waals surface area contributed by atoms with E-state index in [0.29, 0.717) is 5.56 Å². The fraction of sp³-hybridized carbons (Fsp3) is 0.211. The van der Waals surface area contributed by atoms with Gasteiger partial charge in [-0.15, -0.1) is 0 Å². The number of carbonyl (C=O) groups excluding carboxylic acids is 1. The van der Waals surface area contributed by atoms with Crippen LogP contribution in [0.15, 0.2) is 48.5 Å². The van der Waals surface area contributed by atoms with Crippen molar-refractivity contribution in [2.45, 2.75) is 26.2 Å². The highest BCUT2D eigenvalue weighted by atomic mass is 16.1. The highest BCUT2D eigenvalue weighted by molar-refractivity contribution is 5.76. The van der Waals surface area contributed by atoms with E-state index in [2.05, 4.69) is 57.2 Å². The van der Waals surface area contributed by atoms with E-state index in [9.17, 15) is 4.79 Å². The van der Waals surface area contributed by atoms with Crippen molar-refractivity contribution in [3.8, 4) is 0 Å². The monoisotopic (exact) mass is 264 g/mol. The Bertz CT molecular complexity index is 596. The molecule has 0 heterocycles. The molecule has 0 atom stereocenters. The predicted molar refractivity (Wildman–Crippen MR) is 85.9 cm³/mol. The summed E-state index contributed by atoms with van der Waals surface area (Å²) in [6, 6.07) is 16.2. The van der Waals surface area contributed by atoms with E-state index in [4.69, 9.17) is 0 Å². The fourth-order valence-corrected chi connectivity index (χ4v) is 1.97. The minimum atomic E-state index is 0.187. The lowest BCUT2D eigenvalue weighted by atomic mass is 9.87. The lowest BCUT2D eigenvalue weighted by molar-refractivity contribution is 0.112. The summed E-state index contributed by atoms with van der Waals surface area (Å²) in [6.45, 7) is 6.64. The summed E-state index contributed by atoms with van der Waals surface area (Å²) in [7, 11) is 0. The van der Waals surface area contributed by atoms with Crippen LogP contribution >= 0.6 is 0 Å². The van der Waals surface area contributed by atoms with E-state index in [1.54, 1.807) is 0 Å². The molecule has 0 saturated carbocycles. The Morgan fingerprint density at radius 3 is 1.50 bits per heavy atom. The Balaban J connectivity index is 2.12. The molecule has 102 valence electrons. The predicted octanol–water partition coefficient (Wildman–Crippen LogP) is 4.97. The molecule has 2 aromatic rings. The molecule has 0 aromatic heterocycles. The summed E-state index contributed by atoms with van der Waals surface area (Å²) in [5, 5.41) is 0. The van der Waals surface area contributed by atoms with Crippen molar-refractivity contribution in [2.75, 3.05) is 0 Å². The van der Waals surface area contributed by atoms with Gasteiger partial charge in [0.2, 0.25) is 0 Å². The van der Waals surface area contributed by atoms with Crippen LogP contribution in [0.3, 0.4) is 0 Å². The molecule has 0 radical (unpaired) electrons. The molecule has 20 heavy (non-hydrogen) atoms. The summed E-state index contributed by atoms with van der Waals surface area (Å²) in [4.78, 5) is 10.6. The van der Waals surface area contributed by atoms with Crippen LogP contribution < -0.4 is 0 Å². The van der Waals surface area contributed by atoms with Crippen LogP contribution in [0, 0.1) is 0 Å². The third kappa shape index (κ3) is 3.67. The van der Waals surface area contributed by atoms with Crippen molar-refractivity contribution < 1.29 is 4.79 Å². The number of aldehydes is 1. The zero-order valence-electron chi connectivity index (χ0n) is 12.3. The van der Waals surface area contributed by atoms with Crippen molar-refractivity contribution in [2.24, 2.45) is 0 Å². The van der Waals surface area contributed by atoms with E-state index in [0.717, 1.165) is 11.8 Å². The Morgan fingerprint density at radius 2 is 1.10 bits per heavy atom. The SMILES string of the molecule is CC(C)(C)c1ccc(/C=C/c2ccc(C=O)cc2)cc1. The molecular weight excluding hydrogens is 244 g/mol. The van der Waals surface area contributed by atoms with Crippen LogP contribution in [0.25, 0.3) is 12.2 Å². The topological polar surface area (TPSA) is 17.1 Å². The van der Waals surface area contributed by atoms with Crippen molar-refractivity contribution in [1.82, 2.24) is 0 Å². The van der Waals surface area contributed by atoms with Crippen LogP contribution in [0.1, 0.15) is 47.8 Å². The standard InChI is InChI=1S/C19H20O/c1-19(2,3)18-12-10-16(11-13-18)5-4-15-6-8-17(14-20)9-7-15/h4-14H,1-3H3/b5-4+. The zero-order chi connectivity index (χ0) is 14.6. The smallest absolute Gasteiger partial charge is 0.150 e. The van der Waals surface area contributed by atoms with Gasteiger partial charge in [0, 0.05) is 5.56 Å². The normalized spacial score (nSPS) is 11.8. The van der Waals surface area contributed by atoms with E-state index in [-0.39, 0.29) is 5.41 Å². The molecule has 1 nitrogen and oxygen atoms in total. The molecule has 0 aliphatic heterocycles. The molecule has 0 fully saturated rings. The highest BCUT2D eigenvalue weighted by Crippen LogP contribution is 2.22. The number of benzene rings is 2. The van der Waals surface area contributed by atoms with Gasteiger partial charge in [0.15, 0.2) is 0 Å². The molecule has 0 saturated heterocycles. The molecule has 2 aromatic carbocycles. The van der Waals surface area contributed by atoms with E-state index in [1.165, 1.54) is 11.1 Å². The molecule has 0 aliphatic carbocycles. The Hall–Kier alpha value is -2.15. The van der Waals surface area contributed by atoms with Gasteiger partial charge in [-0.3, -0.25) is 4.79 Å². The zero-order valence-corrected chi connectivity index (χ0v) is 12.3. The first-order valence-corrected chi connectivity index (χ1v) is 6.83. The Kier molecular flexibility index (Phi) is 4.19. The first-order valence-electron chi connectivity index (χ1n) is 6.83. The van der Waals surface area contributed by atoms with Gasteiger partial charge in [-0.05, 0) is 22.1 Å². The second kappa shape index (κ2) is 5.87. The van der Waals surface area contributed by atoms with Crippen molar-refractivity contribution in [3.63, 3.8) is 0 Å². The van der Waals surface area contributed by atoms with Crippen molar-refractivity contribution >= 4 is 18.4 Å². The third-order valence-electron chi connectivity index (χ3n) is 3.32. The molecular formula is C19H20O. The van der Waals surface area contributed by atoms with Gasteiger partial charge in [0.05, 0.1) is 0 Å². The lowest BCUT2D eigenvalue weighted by Gasteiger charge is -2.18. The maximum Gasteiger partial charge on any atom is 0.150 e. The Labute approximate surface area is 121 Å². The summed E-state index contributed by atoms with van der Waals surface area (Å²) in [6.07, 6.45) is 5.00. The maximum atomic E-state index is 10.6. The van der Waals surface area contributed by atoms with Crippen molar-refractivity contribution in [1.29, 1.82) is 0 Å². The van der Waals surface area contributed by atoms with Crippen LogP contribution in [-0.2, 0) is 5.41 Å². The molecule has 2 rings (SSSR count). The third-order valence-corrected chi connectivity index (χ3v) is 3.32. The van der Waals surface area contributed by atoms with E-state index < -0.39 is 0 Å². The van der Waals surface area contributed by atoms with Crippen LogP contribution in [0.2, 0.25) is 0 Å². The second-order valence-electron chi connectivity index (χ2n) is 5.99. The van der Waals surface area contributed by atoms with Gasteiger partial charge in [0.1, 0.15) is 6.29 Å². The quantitative estimate of drug-likeness (QED) is 0.565. The fourth-order valence-electron chi connectivity index (χ4n) is 1.97. The van der Waals surface area contributed by atoms with Gasteiger partial charge in [-0.2, -0.15) is 0 Å². The first kappa shape index (κ1) is 14.3. The van der Waals surface area contributed by atoms with Gasteiger partial charge >= 0.3 is 0 Å². The van der Waals surface area contributed by atoms with Gasteiger partial charge < -0.3 is 0 Å². The number of hydrogen-bond donors (Lipinski definition) is 0. The van der Waals surface area contributed by atoms with E-state index in [1.807, 2.05) is 24.3 Å². The van der Waals surface area contributed by atoms with Gasteiger partial charge in [-0.1, -0.05) is 81.5 Å². The molecule has 0 aliphatic rings. The van der Waals surface area contributed by atoms with Gasteiger partial charge in [0.25, 0.3) is 0 Å². The highest BCUT2D eigenvalue weighted by Gasteiger charge is 2.12. The minimum Gasteiger partial charge on any atom is -0.298 e. The molecule has 0 spiro atoms. The average molecular weight is 264 g/mol. The summed E-state index contributed by atoms with van der Waals surface area (Å²) < 4.78 is 0. The largest absolute Gasteiger partial charge is 0.298 e. The molecule has 1 heteroatoms. The average Bonchev–Trinajstić information content (AvgIpc) is 2.45. The second-order valence-corrected chi connectivity index (χ2v) is 5.99. The van der Waals surface area contributed by atoms with Gasteiger partial charge in [-0.25, -0.2) is 0 Å². The van der Waals surface area contributed by atoms with Crippen molar-refractivity contribution in [3.05, 3.63) is 70.8 Å². The van der Waals surface area contributed by atoms with Crippen LogP contribution in [0.5, 0.6) is 0 Å². The summed E-state index contributed by atoms with van der Waals surface area (Å²) in [5.74, 6) is 0. The number of carbonyl (C=O) groups is 1. The molecule has 0 amide bonds. The molecule has 0 unspecified atom stereocenters. The lowest BCUT2D eigenvalue weighted by Crippen LogP contribution is -2.10. The van der Waals surface area contributed by atoms with E-state index >= 15 is 0 Å². The molecule has 0 N–H and O–H groups in total. The Morgan fingerprint density at radius 1 is 0.700 bits per heavy atom. The minimum absolute atomic E-state index is 0.187. The number of hydrogen-bond acceptors (Lipinski definition) is 1. The maximum absolute atomic E-state index is 10.6. The van der Waals surface area contributed by atoms with Crippen LogP contribution in [-0.4, -0.2) is 6.29 Å². The first-order chi connectivity index (χ1) is 9.49. The summed E-state index contributed by atoms with van der Waals surface area (Å²) in [5.41, 5.74) is 4.50. The van der Waals surface area contributed by atoms with Crippen LogP contribution in [0.4, 0.5) is 0 Å². The summed E-state index contributed by atoms with van der Waals surface area (Å²) >= 11 is 0. The molecule has 0 bridgehead atoms. The number of rotatable bonds is 3.